The number of fused-ring (bicyclic) bond motifs is 1. The molecule has 2 aliphatic rings. The van der Waals surface area contributed by atoms with Crippen LogP contribution >= 0.6 is 0 Å². The third-order valence-corrected chi connectivity index (χ3v) is 7.48. The first kappa shape index (κ1) is 24.4. The molecular weight excluding hydrogens is 486 g/mol. The maximum atomic E-state index is 13.5. The van der Waals surface area contributed by atoms with Crippen LogP contribution in [0.15, 0.2) is 53.3 Å². The quantitative estimate of drug-likeness (QED) is 0.380. The van der Waals surface area contributed by atoms with E-state index in [1.165, 1.54) is 0 Å². The molecule has 0 radical (unpaired) electrons. The number of H-pyrrole nitrogens is 1. The van der Waals surface area contributed by atoms with E-state index in [9.17, 15) is 9.90 Å². The summed E-state index contributed by atoms with van der Waals surface area (Å²) in [6.45, 7) is 4.24. The molecule has 11 heteroatoms. The van der Waals surface area contributed by atoms with Crippen molar-refractivity contribution >= 4 is 16.6 Å². The number of aromatic hydroxyl groups is 1. The zero-order valence-corrected chi connectivity index (χ0v) is 21.3. The maximum Gasteiger partial charge on any atom is 0.253 e. The van der Waals surface area contributed by atoms with Crippen molar-refractivity contribution in [2.24, 2.45) is 0 Å². The zero-order chi connectivity index (χ0) is 26.1. The number of pyridine rings is 1. The number of tetrazole rings is 1. The highest BCUT2D eigenvalue weighted by atomic mass is 16.5. The van der Waals surface area contributed by atoms with Crippen molar-refractivity contribution in [2.45, 2.75) is 31.5 Å². The number of hydrogen-bond donors (Lipinski definition) is 2. The Hall–Kier alpha value is -3.96. The lowest BCUT2D eigenvalue weighted by atomic mass is 10.0. The normalized spacial score (nSPS) is 19.2. The number of hydrogen-bond acceptors (Lipinski definition) is 9. The highest BCUT2D eigenvalue weighted by Gasteiger charge is 2.33. The summed E-state index contributed by atoms with van der Waals surface area (Å²) in [5.74, 6) is 1.57. The number of benzene rings is 2. The number of rotatable bonds is 7. The van der Waals surface area contributed by atoms with Gasteiger partial charge in [-0.2, -0.15) is 0 Å². The second kappa shape index (κ2) is 10.4. The number of aromatic nitrogens is 5. The summed E-state index contributed by atoms with van der Waals surface area (Å²) in [6.07, 6.45) is 2.05. The van der Waals surface area contributed by atoms with Crippen molar-refractivity contribution in [2.75, 3.05) is 44.8 Å². The molecule has 4 aromatic rings. The first-order chi connectivity index (χ1) is 18.6. The van der Waals surface area contributed by atoms with Crippen LogP contribution in [0.3, 0.4) is 0 Å². The van der Waals surface area contributed by atoms with Gasteiger partial charge in [-0.3, -0.25) is 9.69 Å². The van der Waals surface area contributed by atoms with Gasteiger partial charge in [-0.05, 0) is 71.1 Å². The predicted octanol–water partition coefficient (Wildman–Crippen LogP) is 2.32. The van der Waals surface area contributed by atoms with Gasteiger partial charge in [0.05, 0.1) is 25.3 Å². The number of aromatic amines is 1. The lowest BCUT2D eigenvalue weighted by Gasteiger charge is -2.39. The lowest BCUT2D eigenvalue weighted by Crippen LogP contribution is -2.49. The summed E-state index contributed by atoms with van der Waals surface area (Å²) in [6, 6.07) is 14.4. The van der Waals surface area contributed by atoms with E-state index in [-0.39, 0.29) is 17.4 Å². The van der Waals surface area contributed by atoms with Crippen LogP contribution < -0.4 is 15.2 Å². The van der Waals surface area contributed by atoms with Crippen molar-refractivity contribution in [1.82, 2.24) is 30.1 Å². The second-order valence-electron chi connectivity index (χ2n) is 9.80. The van der Waals surface area contributed by atoms with Crippen LogP contribution in [-0.2, 0) is 11.3 Å². The molecule has 0 spiro atoms. The summed E-state index contributed by atoms with van der Waals surface area (Å²) in [5, 5.41) is 23.3. The molecule has 0 bridgehead atoms. The number of nitrogens with zero attached hydrogens (tertiary/aromatic N) is 6. The van der Waals surface area contributed by atoms with Crippen LogP contribution in [0, 0.1) is 0 Å². The molecule has 2 atom stereocenters. The zero-order valence-electron chi connectivity index (χ0n) is 21.3. The SMILES string of the molecule is COc1ccc2cc([C@@H](c3nnnn3C[C@H]3CCCO3)N3CCN(c4ccc(O)cc4)CC3)c(=O)[nH]c2c1. The van der Waals surface area contributed by atoms with Crippen LogP contribution in [0.25, 0.3) is 10.9 Å². The third kappa shape index (κ3) is 4.82. The average Bonchev–Trinajstić information content (AvgIpc) is 3.63. The van der Waals surface area contributed by atoms with Crippen molar-refractivity contribution in [1.29, 1.82) is 0 Å². The average molecular weight is 518 g/mol. The number of piperazine rings is 1. The summed E-state index contributed by atoms with van der Waals surface area (Å²) in [5.41, 5.74) is 2.19. The Morgan fingerprint density at radius 3 is 2.68 bits per heavy atom. The van der Waals surface area contributed by atoms with Gasteiger partial charge in [0.2, 0.25) is 0 Å². The molecule has 2 N–H and O–H groups in total. The fourth-order valence-corrected chi connectivity index (χ4v) is 5.45. The molecule has 0 amide bonds. The van der Waals surface area contributed by atoms with Gasteiger partial charge in [-0.15, -0.1) is 5.10 Å². The summed E-state index contributed by atoms with van der Waals surface area (Å²) >= 11 is 0. The Morgan fingerprint density at radius 2 is 1.95 bits per heavy atom. The molecule has 2 fully saturated rings. The topological polar surface area (TPSA) is 122 Å². The highest BCUT2D eigenvalue weighted by molar-refractivity contribution is 5.80. The van der Waals surface area contributed by atoms with Crippen molar-refractivity contribution in [3.8, 4) is 11.5 Å². The van der Waals surface area contributed by atoms with E-state index in [4.69, 9.17) is 9.47 Å². The predicted molar refractivity (Wildman–Crippen MR) is 142 cm³/mol. The summed E-state index contributed by atoms with van der Waals surface area (Å²) in [4.78, 5) is 21.1. The van der Waals surface area contributed by atoms with Gasteiger partial charge < -0.3 is 24.5 Å². The molecule has 2 aliphatic heterocycles. The van der Waals surface area contributed by atoms with Gasteiger partial charge in [-0.1, -0.05) is 0 Å². The molecule has 38 heavy (non-hydrogen) atoms. The number of anilines is 1. The summed E-state index contributed by atoms with van der Waals surface area (Å²) < 4.78 is 13.0. The maximum absolute atomic E-state index is 13.5. The highest BCUT2D eigenvalue weighted by Crippen LogP contribution is 2.30. The Labute approximate surface area is 219 Å². The molecule has 0 saturated carbocycles. The van der Waals surface area contributed by atoms with Crippen molar-refractivity contribution in [3.05, 3.63) is 70.3 Å². The number of phenolic OH excluding ortho intramolecular Hbond substituents is 1. The number of phenols is 1. The van der Waals surface area contributed by atoms with E-state index in [1.807, 2.05) is 36.4 Å². The van der Waals surface area contributed by atoms with Gasteiger partial charge in [0, 0.05) is 50.1 Å². The summed E-state index contributed by atoms with van der Waals surface area (Å²) in [7, 11) is 1.61. The Bertz CT molecular complexity index is 1450. The Kier molecular flexibility index (Phi) is 6.69. The second-order valence-corrected chi connectivity index (χ2v) is 9.80. The first-order valence-corrected chi connectivity index (χ1v) is 13.0. The van der Waals surface area contributed by atoms with E-state index in [1.54, 1.807) is 23.9 Å². The van der Waals surface area contributed by atoms with Crippen LogP contribution in [0.2, 0.25) is 0 Å². The van der Waals surface area contributed by atoms with E-state index < -0.39 is 6.04 Å². The molecule has 2 saturated heterocycles. The molecule has 2 aromatic carbocycles. The van der Waals surface area contributed by atoms with Gasteiger partial charge in [0.25, 0.3) is 5.56 Å². The monoisotopic (exact) mass is 517 g/mol. The minimum Gasteiger partial charge on any atom is -0.508 e. The van der Waals surface area contributed by atoms with Crippen LogP contribution in [-0.4, -0.2) is 81.2 Å². The fraction of sp³-hybridized carbons (Fsp3) is 0.407. The first-order valence-electron chi connectivity index (χ1n) is 13.0. The fourth-order valence-electron chi connectivity index (χ4n) is 5.45. The molecule has 0 aliphatic carbocycles. The van der Waals surface area contributed by atoms with Gasteiger partial charge in [0.1, 0.15) is 17.5 Å². The van der Waals surface area contributed by atoms with Gasteiger partial charge in [-0.25, -0.2) is 4.68 Å². The van der Waals surface area contributed by atoms with Crippen molar-refractivity contribution in [3.63, 3.8) is 0 Å². The van der Waals surface area contributed by atoms with Crippen LogP contribution in [0.5, 0.6) is 11.5 Å². The molecular formula is C27H31N7O4. The smallest absolute Gasteiger partial charge is 0.253 e. The van der Waals surface area contributed by atoms with E-state index in [0.717, 1.165) is 43.6 Å². The Morgan fingerprint density at radius 1 is 1.13 bits per heavy atom. The molecule has 0 unspecified atom stereocenters. The molecule has 198 valence electrons. The number of methoxy groups -OCH3 is 1. The molecule has 2 aromatic heterocycles. The van der Waals surface area contributed by atoms with E-state index in [2.05, 4.69) is 30.3 Å². The largest absolute Gasteiger partial charge is 0.508 e. The molecule has 4 heterocycles. The molecule has 11 nitrogen and oxygen atoms in total. The van der Waals surface area contributed by atoms with Gasteiger partial charge >= 0.3 is 0 Å². The minimum absolute atomic E-state index is 0.0617. The molecule has 6 rings (SSSR count). The standard InChI is InChI=1S/C27H31N7O4/c1-37-21-9-4-18-15-23(27(36)28-24(18)16-21)25(26-29-30-31-34(26)17-22-3-2-14-38-22)33-12-10-32(11-13-33)19-5-7-20(35)8-6-19/h4-9,15-16,22,25,35H,2-3,10-14,17H2,1H3,(H,28,36)/t22-,25+/m1/s1. The van der Waals surface area contributed by atoms with Gasteiger partial charge in [0.15, 0.2) is 5.82 Å². The van der Waals surface area contributed by atoms with E-state index in [0.29, 0.717) is 42.3 Å². The number of ether oxygens (including phenoxy) is 2. The van der Waals surface area contributed by atoms with E-state index >= 15 is 0 Å². The number of nitrogens with one attached hydrogen (secondary N) is 1. The van der Waals surface area contributed by atoms with Crippen LogP contribution in [0.1, 0.15) is 30.3 Å². The third-order valence-electron chi connectivity index (χ3n) is 7.48. The Balaban J connectivity index is 1.35. The minimum atomic E-state index is -0.427. The van der Waals surface area contributed by atoms with Crippen molar-refractivity contribution < 1.29 is 14.6 Å². The lowest BCUT2D eigenvalue weighted by molar-refractivity contribution is 0.0906. The van der Waals surface area contributed by atoms with Crippen LogP contribution in [0.4, 0.5) is 5.69 Å².